The second kappa shape index (κ2) is 10.3. The van der Waals surface area contributed by atoms with Crippen molar-refractivity contribution in [3.63, 3.8) is 0 Å². The maximum Gasteiger partial charge on any atom is 0.255 e. The maximum absolute atomic E-state index is 13.0. The van der Waals surface area contributed by atoms with E-state index < -0.39 is 0 Å². The molecule has 0 N–H and O–H groups in total. The Hall–Kier alpha value is -3.31. The highest BCUT2D eigenvalue weighted by atomic mass is 35.5. The predicted octanol–water partition coefficient (Wildman–Crippen LogP) is 4.91. The van der Waals surface area contributed by atoms with Gasteiger partial charge in [-0.3, -0.25) is 9.59 Å². The Morgan fingerprint density at radius 3 is 2.06 bits per heavy atom. The summed E-state index contributed by atoms with van der Waals surface area (Å²) in [6.07, 6.45) is 0.727. The van der Waals surface area contributed by atoms with E-state index in [0.717, 1.165) is 17.7 Å². The van der Waals surface area contributed by atoms with Crippen LogP contribution in [0.3, 0.4) is 0 Å². The van der Waals surface area contributed by atoms with Crippen molar-refractivity contribution in [3.05, 3.63) is 101 Å². The number of hydrogen-bond acceptors (Lipinski definition) is 3. The van der Waals surface area contributed by atoms with Crippen molar-refractivity contribution in [1.82, 2.24) is 9.80 Å². The van der Waals surface area contributed by atoms with E-state index in [1.807, 2.05) is 59.5 Å². The maximum atomic E-state index is 13.0. The summed E-state index contributed by atoms with van der Waals surface area (Å²) in [4.78, 5) is 29.5. The topological polar surface area (TPSA) is 49.9 Å². The lowest BCUT2D eigenvalue weighted by molar-refractivity contribution is 0.0719. The zero-order valence-corrected chi connectivity index (χ0v) is 18.5. The Kier molecular flexibility index (Phi) is 7.07. The van der Waals surface area contributed by atoms with Gasteiger partial charge in [-0.1, -0.05) is 54.1 Å². The van der Waals surface area contributed by atoms with Gasteiger partial charge in [-0.25, -0.2) is 0 Å². The Bertz CT molecular complexity index is 1070. The van der Waals surface area contributed by atoms with E-state index in [-0.39, 0.29) is 11.8 Å². The van der Waals surface area contributed by atoms with Crippen LogP contribution >= 0.6 is 11.6 Å². The highest BCUT2D eigenvalue weighted by molar-refractivity contribution is 6.33. The average molecular weight is 449 g/mol. The molecule has 0 bridgehead atoms. The fourth-order valence-electron chi connectivity index (χ4n) is 3.74. The number of nitrogens with zero attached hydrogens (tertiary/aromatic N) is 2. The molecule has 3 aromatic rings. The minimum Gasteiger partial charge on any atom is -0.489 e. The molecule has 32 heavy (non-hydrogen) atoms. The minimum atomic E-state index is -0.0901. The summed E-state index contributed by atoms with van der Waals surface area (Å²) in [5, 5.41) is 0.450. The lowest BCUT2D eigenvalue weighted by Crippen LogP contribution is -2.37. The molecule has 1 saturated heterocycles. The second-order valence-corrected chi connectivity index (χ2v) is 8.12. The van der Waals surface area contributed by atoms with Gasteiger partial charge in [-0.05, 0) is 48.4 Å². The van der Waals surface area contributed by atoms with E-state index in [9.17, 15) is 9.59 Å². The van der Waals surface area contributed by atoms with Gasteiger partial charge >= 0.3 is 0 Å². The summed E-state index contributed by atoms with van der Waals surface area (Å²) in [6.45, 7) is 2.64. The van der Waals surface area contributed by atoms with E-state index in [1.54, 1.807) is 29.2 Å². The number of amides is 2. The van der Waals surface area contributed by atoms with Crippen LogP contribution < -0.4 is 4.74 Å². The van der Waals surface area contributed by atoms with Crippen LogP contribution in [-0.2, 0) is 6.61 Å². The van der Waals surface area contributed by atoms with E-state index in [0.29, 0.717) is 48.9 Å². The summed E-state index contributed by atoms with van der Waals surface area (Å²) in [5.74, 6) is 0.702. The number of halogens is 1. The minimum absolute atomic E-state index is 0.0208. The second-order valence-electron chi connectivity index (χ2n) is 7.72. The normalized spacial score (nSPS) is 14.0. The number of para-hydroxylation sites is 1. The Morgan fingerprint density at radius 1 is 0.750 bits per heavy atom. The number of carbonyl (C=O) groups is 2. The van der Waals surface area contributed by atoms with Gasteiger partial charge in [0.25, 0.3) is 11.8 Å². The van der Waals surface area contributed by atoms with Gasteiger partial charge in [-0.2, -0.15) is 0 Å². The van der Waals surface area contributed by atoms with Crippen LogP contribution in [-0.4, -0.2) is 47.8 Å². The molecule has 0 unspecified atom stereocenters. The molecule has 3 aromatic carbocycles. The monoisotopic (exact) mass is 448 g/mol. The molecule has 0 atom stereocenters. The fourth-order valence-corrected chi connectivity index (χ4v) is 3.95. The molecule has 6 heteroatoms. The molecule has 164 valence electrons. The van der Waals surface area contributed by atoms with Crippen molar-refractivity contribution in [1.29, 1.82) is 0 Å². The molecular weight excluding hydrogens is 424 g/mol. The fraction of sp³-hybridized carbons (Fsp3) is 0.231. The standard InChI is InChI=1S/C26H25ClN2O3/c27-24-10-5-4-9-23(24)26(31)29-16-6-15-28(17-18-29)25(30)21-13-11-20(12-14-21)19-32-22-7-2-1-3-8-22/h1-5,7-14H,6,15-19H2. The molecule has 0 radical (unpaired) electrons. The first-order chi connectivity index (χ1) is 15.6. The summed E-state index contributed by atoms with van der Waals surface area (Å²) in [5.41, 5.74) is 2.14. The smallest absolute Gasteiger partial charge is 0.255 e. The van der Waals surface area contributed by atoms with Gasteiger partial charge < -0.3 is 14.5 Å². The van der Waals surface area contributed by atoms with E-state index in [1.165, 1.54) is 0 Å². The first kappa shape index (κ1) is 21.9. The highest BCUT2D eigenvalue weighted by Crippen LogP contribution is 2.19. The Balaban J connectivity index is 1.34. The molecule has 1 aliphatic heterocycles. The molecule has 1 heterocycles. The largest absolute Gasteiger partial charge is 0.489 e. The Morgan fingerprint density at radius 2 is 1.38 bits per heavy atom. The SMILES string of the molecule is O=C(c1ccc(COc2ccccc2)cc1)N1CCCN(C(=O)c2ccccc2Cl)CC1. The highest BCUT2D eigenvalue weighted by Gasteiger charge is 2.24. The molecule has 1 aliphatic rings. The zero-order chi connectivity index (χ0) is 22.3. The van der Waals surface area contributed by atoms with E-state index in [2.05, 4.69) is 0 Å². The molecule has 0 aliphatic carbocycles. The summed E-state index contributed by atoms with van der Waals surface area (Å²) in [6, 6.07) is 24.2. The van der Waals surface area contributed by atoms with Crippen LogP contribution in [0.4, 0.5) is 0 Å². The summed E-state index contributed by atoms with van der Waals surface area (Å²) < 4.78 is 5.76. The molecule has 4 rings (SSSR count). The van der Waals surface area contributed by atoms with Crippen molar-refractivity contribution in [2.24, 2.45) is 0 Å². The van der Waals surface area contributed by atoms with Crippen LogP contribution in [0, 0.1) is 0 Å². The molecule has 0 saturated carbocycles. The van der Waals surface area contributed by atoms with Crippen molar-refractivity contribution in [2.75, 3.05) is 26.2 Å². The summed E-state index contributed by atoms with van der Waals surface area (Å²) >= 11 is 6.19. The quantitative estimate of drug-likeness (QED) is 0.557. The van der Waals surface area contributed by atoms with Crippen LogP contribution in [0.25, 0.3) is 0 Å². The third-order valence-electron chi connectivity index (χ3n) is 5.52. The predicted molar refractivity (Wildman–Crippen MR) is 125 cm³/mol. The molecule has 2 amide bonds. The van der Waals surface area contributed by atoms with Gasteiger partial charge in [0.05, 0.1) is 10.6 Å². The molecule has 0 spiro atoms. The van der Waals surface area contributed by atoms with Gasteiger partial charge in [-0.15, -0.1) is 0 Å². The van der Waals surface area contributed by atoms with Gasteiger partial charge in [0.15, 0.2) is 0 Å². The number of hydrogen-bond donors (Lipinski definition) is 0. The average Bonchev–Trinajstić information content (AvgIpc) is 3.10. The zero-order valence-electron chi connectivity index (χ0n) is 17.7. The van der Waals surface area contributed by atoms with E-state index >= 15 is 0 Å². The van der Waals surface area contributed by atoms with Crippen LogP contribution in [0.15, 0.2) is 78.9 Å². The van der Waals surface area contributed by atoms with Crippen LogP contribution in [0.1, 0.15) is 32.7 Å². The Labute approximate surface area is 193 Å². The molecule has 0 aromatic heterocycles. The third kappa shape index (κ3) is 5.29. The van der Waals surface area contributed by atoms with Gasteiger partial charge in [0.2, 0.25) is 0 Å². The lowest BCUT2D eigenvalue weighted by atomic mass is 10.1. The number of rotatable bonds is 5. The number of ether oxygens (including phenoxy) is 1. The molecule has 1 fully saturated rings. The van der Waals surface area contributed by atoms with Crippen molar-refractivity contribution < 1.29 is 14.3 Å². The van der Waals surface area contributed by atoms with Crippen LogP contribution in [0.5, 0.6) is 5.75 Å². The molecular formula is C26H25ClN2O3. The van der Waals surface area contributed by atoms with Gasteiger partial charge in [0.1, 0.15) is 12.4 Å². The van der Waals surface area contributed by atoms with Crippen molar-refractivity contribution in [3.8, 4) is 5.75 Å². The van der Waals surface area contributed by atoms with Gasteiger partial charge in [0, 0.05) is 31.7 Å². The third-order valence-corrected chi connectivity index (χ3v) is 5.85. The van der Waals surface area contributed by atoms with Crippen molar-refractivity contribution in [2.45, 2.75) is 13.0 Å². The lowest BCUT2D eigenvalue weighted by Gasteiger charge is -2.22. The summed E-state index contributed by atoms with van der Waals surface area (Å²) in [7, 11) is 0. The van der Waals surface area contributed by atoms with Crippen molar-refractivity contribution >= 4 is 23.4 Å². The van der Waals surface area contributed by atoms with Crippen LogP contribution in [0.2, 0.25) is 5.02 Å². The van der Waals surface area contributed by atoms with E-state index in [4.69, 9.17) is 16.3 Å². The first-order valence-electron chi connectivity index (χ1n) is 10.7. The number of benzene rings is 3. The number of carbonyl (C=O) groups excluding carboxylic acids is 2. The molecule has 5 nitrogen and oxygen atoms in total. The first-order valence-corrected chi connectivity index (χ1v) is 11.1.